The van der Waals surface area contributed by atoms with Gasteiger partial charge >= 0.3 is 0 Å². The average Bonchev–Trinajstić information content (AvgIpc) is 2.70. The lowest BCUT2D eigenvalue weighted by atomic mass is 9.95. The number of hydrogen-bond acceptors (Lipinski definition) is 3. The van der Waals surface area contributed by atoms with Crippen molar-refractivity contribution in [2.24, 2.45) is 5.92 Å². The zero-order valence-electron chi connectivity index (χ0n) is 17.7. The van der Waals surface area contributed by atoms with Crippen LogP contribution in [0.2, 0.25) is 0 Å². The molecule has 0 saturated carbocycles. The van der Waals surface area contributed by atoms with Gasteiger partial charge in [0.15, 0.2) is 0 Å². The second-order valence-electron chi connectivity index (χ2n) is 6.40. The Morgan fingerprint density at radius 3 is 2.52 bits per heavy atom. The number of aliphatic hydroxyl groups is 1. The summed E-state index contributed by atoms with van der Waals surface area (Å²) in [4.78, 5) is 4.41. The molecule has 0 spiro atoms. The number of nitrogens with zero attached hydrogens (tertiary/aromatic N) is 1. The molecule has 150 valence electrons. The molecule has 0 radical (unpaired) electrons. The van der Waals surface area contributed by atoms with Gasteiger partial charge in [-0.3, -0.25) is 4.98 Å². The van der Waals surface area contributed by atoms with E-state index in [1.807, 2.05) is 24.4 Å². The van der Waals surface area contributed by atoms with Gasteiger partial charge in [-0.15, -0.1) is 0 Å². The topological polar surface area (TPSA) is 42.4 Å². The van der Waals surface area contributed by atoms with Gasteiger partial charge in [0.25, 0.3) is 0 Å². The second kappa shape index (κ2) is 16.1. The number of methoxy groups -OCH3 is 1. The highest BCUT2D eigenvalue weighted by atomic mass is 16.5. The summed E-state index contributed by atoms with van der Waals surface area (Å²) < 4.78 is 5.30. The van der Waals surface area contributed by atoms with Crippen LogP contribution in [0.15, 0.2) is 55.3 Å². The first kappa shape index (κ1) is 24.9. The maximum Gasteiger partial charge on any atom is 0.119 e. The number of aromatic nitrogens is 1. The Morgan fingerprint density at radius 2 is 1.93 bits per heavy atom. The monoisotopic (exact) mass is 371 g/mol. The van der Waals surface area contributed by atoms with Crippen molar-refractivity contribution in [2.75, 3.05) is 14.2 Å². The Balaban J connectivity index is 0.000000637. The van der Waals surface area contributed by atoms with E-state index in [4.69, 9.17) is 9.84 Å². The van der Waals surface area contributed by atoms with Crippen LogP contribution in [0.25, 0.3) is 10.9 Å². The molecule has 0 aliphatic heterocycles. The van der Waals surface area contributed by atoms with E-state index in [1.54, 1.807) is 13.2 Å². The van der Waals surface area contributed by atoms with Crippen molar-refractivity contribution in [2.45, 2.75) is 52.9 Å². The SMILES string of the molecule is C=C/C=C/CCC.CCCC(C)Cc1ccnc2ccc(OC)cc12.CO. The number of unbranched alkanes of at least 4 members (excludes halogenated alkanes) is 1. The van der Waals surface area contributed by atoms with Gasteiger partial charge in [0.2, 0.25) is 0 Å². The van der Waals surface area contributed by atoms with Gasteiger partial charge in [0, 0.05) is 18.7 Å². The van der Waals surface area contributed by atoms with Crippen molar-refractivity contribution < 1.29 is 9.84 Å². The Bertz CT molecular complexity index is 664. The van der Waals surface area contributed by atoms with Crippen molar-refractivity contribution in [1.29, 1.82) is 0 Å². The van der Waals surface area contributed by atoms with E-state index in [2.05, 4.69) is 50.5 Å². The van der Waals surface area contributed by atoms with Crippen molar-refractivity contribution in [3.63, 3.8) is 0 Å². The third-order valence-electron chi connectivity index (χ3n) is 4.12. The van der Waals surface area contributed by atoms with E-state index in [9.17, 15) is 0 Å². The van der Waals surface area contributed by atoms with E-state index in [-0.39, 0.29) is 0 Å². The highest BCUT2D eigenvalue weighted by Crippen LogP contribution is 2.25. The first-order valence-electron chi connectivity index (χ1n) is 9.80. The van der Waals surface area contributed by atoms with Crippen molar-refractivity contribution in [3.05, 3.63) is 60.8 Å². The maximum atomic E-state index is 7.00. The molecule has 3 nitrogen and oxygen atoms in total. The fourth-order valence-corrected chi connectivity index (χ4v) is 2.82. The first-order valence-corrected chi connectivity index (χ1v) is 9.80. The number of fused-ring (bicyclic) bond motifs is 1. The first-order chi connectivity index (χ1) is 13.2. The van der Waals surface area contributed by atoms with Gasteiger partial charge in [-0.1, -0.05) is 64.8 Å². The highest BCUT2D eigenvalue weighted by molar-refractivity contribution is 5.83. The van der Waals surface area contributed by atoms with Gasteiger partial charge in [-0.05, 0) is 48.6 Å². The van der Waals surface area contributed by atoms with Crippen LogP contribution in [0.3, 0.4) is 0 Å². The summed E-state index contributed by atoms with van der Waals surface area (Å²) in [6, 6.07) is 8.22. The summed E-state index contributed by atoms with van der Waals surface area (Å²) in [5.41, 5.74) is 2.43. The normalized spacial score (nSPS) is 11.2. The standard InChI is InChI=1S/C16H21NO.C7H12.CH4O/c1-4-5-12(2)10-13-8-9-17-16-7-6-14(18-3)11-15(13)16;1-3-5-7-6-4-2;1-2/h6-9,11-12H,4-5,10H2,1-3H3;3,5,7H,1,4,6H2,2H3;2H,1H3/b;7-5+;. The number of hydrogen-bond donors (Lipinski definition) is 1. The summed E-state index contributed by atoms with van der Waals surface area (Å²) in [6.07, 6.45) is 13.8. The molecular weight excluding hydrogens is 334 g/mol. The summed E-state index contributed by atoms with van der Waals surface area (Å²) in [6.45, 7) is 10.3. The zero-order chi connectivity index (χ0) is 20.5. The summed E-state index contributed by atoms with van der Waals surface area (Å²) >= 11 is 0. The van der Waals surface area contributed by atoms with Crippen molar-refractivity contribution in [3.8, 4) is 5.75 Å². The number of benzene rings is 1. The van der Waals surface area contributed by atoms with Gasteiger partial charge < -0.3 is 9.84 Å². The predicted octanol–water partition coefficient (Wildman–Crippen LogP) is 6.36. The minimum atomic E-state index is 0.715. The molecule has 0 fully saturated rings. The summed E-state index contributed by atoms with van der Waals surface area (Å²) in [5.74, 6) is 1.62. The van der Waals surface area contributed by atoms with Crippen molar-refractivity contribution in [1.82, 2.24) is 4.98 Å². The lowest BCUT2D eigenvalue weighted by Crippen LogP contribution is -2.00. The van der Waals surface area contributed by atoms with E-state index in [0.29, 0.717) is 5.92 Å². The molecule has 0 amide bonds. The lowest BCUT2D eigenvalue weighted by molar-refractivity contribution is 0.399. The average molecular weight is 372 g/mol. The molecule has 3 heteroatoms. The van der Waals surface area contributed by atoms with Crippen LogP contribution in [-0.2, 0) is 6.42 Å². The van der Waals surface area contributed by atoms with Crippen LogP contribution >= 0.6 is 0 Å². The Hall–Kier alpha value is -2.13. The minimum Gasteiger partial charge on any atom is -0.497 e. The summed E-state index contributed by atoms with van der Waals surface area (Å²) in [7, 11) is 2.71. The van der Waals surface area contributed by atoms with Crippen LogP contribution in [0.5, 0.6) is 5.75 Å². The second-order valence-corrected chi connectivity index (χ2v) is 6.40. The molecule has 1 aromatic heterocycles. The van der Waals surface area contributed by atoms with Crippen LogP contribution in [0.1, 0.15) is 52.0 Å². The van der Waals surface area contributed by atoms with E-state index >= 15 is 0 Å². The third kappa shape index (κ3) is 9.95. The summed E-state index contributed by atoms with van der Waals surface area (Å²) in [5, 5.41) is 8.22. The van der Waals surface area contributed by atoms with Gasteiger partial charge in [-0.2, -0.15) is 0 Å². The number of ether oxygens (including phenoxy) is 1. The molecule has 1 atom stereocenters. The fraction of sp³-hybridized carbons (Fsp3) is 0.458. The lowest BCUT2D eigenvalue weighted by Gasteiger charge is -2.12. The molecule has 0 aliphatic carbocycles. The van der Waals surface area contributed by atoms with Gasteiger partial charge in [0.1, 0.15) is 5.75 Å². The van der Waals surface area contributed by atoms with Gasteiger partial charge in [0.05, 0.1) is 12.6 Å². The quantitative estimate of drug-likeness (QED) is 0.549. The molecule has 1 heterocycles. The minimum absolute atomic E-state index is 0.715. The molecule has 2 rings (SSSR count). The molecule has 0 aliphatic rings. The van der Waals surface area contributed by atoms with Gasteiger partial charge in [-0.25, -0.2) is 0 Å². The molecule has 0 saturated heterocycles. The number of rotatable bonds is 8. The van der Waals surface area contributed by atoms with Crippen LogP contribution in [-0.4, -0.2) is 24.3 Å². The highest BCUT2D eigenvalue weighted by Gasteiger charge is 2.07. The number of pyridine rings is 1. The number of aliphatic hydroxyl groups excluding tert-OH is 1. The number of allylic oxidation sites excluding steroid dienone is 3. The zero-order valence-corrected chi connectivity index (χ0v) is 17.7. The van der Waals surface area contributed by atoms with Crippen LogP contribution in [0.4, 0.5) is 0 Å². The maximum absolute atomic E-state index is 7.00. The smallest absolute Gasteiger partial charge is 0.119 e. The fourth-order valence-electron chi connectivity index (χ4n) is 2.82. The molecule has 2 aromatic rings. The van der Waals surface area contributed by atoms with Crippen LogP contribution < -0.4 is 4.74 Å². The molecule has 1 unspecified atom stereocenters. The van der Waals surface area contributed by atoms with Crippen LogP contribution in [0, 0.1) is 5.92 Å². The molecule has 1 N–H and O–H groups in total. The largest absolute Gasteiger partial charge is 0.497 e. The molecular formula is C24H37NO2. The Labute approximate surface area is 165 Å². The van der Waals surface area contributed by atoms with E-state index in [1.165, 1.54) is 36.6 Å². The molecule has 1 aromatic carbocycles. The Kier molecular flexibility index (Phi) is 14.8. The van der Waals surface area contributed by atoms with E-state index in [0.717, 1.165) is 24.8 Å². The third-order valence-corrected chi connectivity index (χ3v) is 4.12. The van der Waals surface area contributed by atoms with E-state index < -0.39 is 0 Å². The molecule has 27 heavy (non-hydrogen) atoms. The Morgan fingerprint density at radius 1 is 1.19 bits per heavy atom. The predicted molar refractivity (Wildman–Crippen MR) is 118 cm³/mol. The molecule has 0 bridgehead atoms. The van der Waals surface area contributed by atoms with Crippen molar-refractivity contribution >= 4 is 10.9 Å².